The second-order valence-electron chi connectivity index (χ2n) is 5.18. The van der Waals surface area contributed by atoms with Gasteiger partial charge in [0.1, 0.15) is 11.8 Å². The molecule has 2 aromatic carbocycles. The SMILES string of the molecule is Br.N[C@@H](CCCCOc1ccc(-c2ccccc2)cc1)C(=O)O. The molecule has 0 saturated carbocycles. The Balaban J connectivity index is 0.00000264. The van der Waals surface area contributed by atoms with E-state index in [9.17, 15) is 4.79 Å². The number of aliphatic carboxylic acids is 1. The molecule has 0 aromatic heterocycles. The largest absolute Gasteiger partial charge is 0.494 e. The molecular weight excluding hydrogens is 358 g/mol. The zero-order chi connectivity index (χ0) is 15.8. The molecule has 0 aliphatic rings. The van der Waals surface area contributed by atoms with Crippen LogP contribution in [0.4, 0.5) is 0 Å². The lowest BCUT2D eigenvalue weighted by atomic mass is 10.1. The van der Waals surface area contributed by atoms with Crippen molar-refractivity contribution in [2.75, 3.05) is 6.61 Å². The average Bonchev–Trinajstić information content (AvgIpc) is 2.55. The van der Waals surface area contributed by atoms with Crippen molar-refractivity contribution in [3.63, 3.8) is 0 Å². The zero-order valence-electron chi connectivity index (χ0n) is 12.9. The summed E-state index contributed by atoms with van der Waals surface area (Å²) in [5.74, 6) is -0.125. The molecule has 0 unspecified atom stereocenters. The molecule has 2 rings (SSSR count). The number of carboxylic acid groups (broad SMARTS) is 1. The van der Waals surface area contributed by atoms with Gasteiger partial charge in [0, 0.05) is 0 Å². The molecule has 0 bridgehead atoms. The molecule has 0 aliphatic carbocycles. The number of carbonyl (C=O) groups is 1. The lowest BCUT2D eigenvalue weighted by Gasteiger charge is -2.08. The number of unbranched alkanes of at least 4 members (excludes halogenated alkanes) is 1. The molecule has 3 N–H and O–H groups in total. The van der Waals surface area contributed by atoms with Crippen LogP contribution in [0, 0.1) is 0 Å². The Morgan fingerprint density at radius 1 is 1.00 bits per heavy atom. The van der Waals surface area contributed by atoms with Crippen LogP contribution in [0.3, 0.4) is 0 Å². The molecule has 124 valence electrons. The molecule has 5 heteroatoms. The van der Waals surface area contributed by atoms with E-state index in [0.29, 0.717) is 13.0 Å². The molecular formula is C18H22BrNO3. The molecule has 0 aliphatic heterocycles. The molecule has 4 nitrogen and oxygen atoms in total. The van der Waals surface area contributed by atoms with Gasteiger partial charge >= 0.3 is 5.97 Å². The standard InChI is InChI=1S/C18H21NO3.BrH/c19-17(18(20)21)8-4-5-13-22-16-11-9-15(10-12-16)14-6-2-1-3-7-14;/h1-3,6-7,9-12,17H,4-5,8,13,19H2,(H,20,21);1H/t17-;/m0./s1. The third-order valence-corrected chi connectivity index (χ3v) is 3.46. The van der Waals surface area contributed by atoms with E-state index in [-0.39, 0.29) is 17.0 Å². The highest BCUT2D eigenvalue weighted by molar-refractivity contribution is 8.93. The normalized spacial score (nSPS) is 11.3. The summed E-state index contributed by atoms with van der Waals surface area (Å²) >= 11 is 0. The van der Waals surface area contributed by atoms with E-state index >= 15 is 0 Å². The first-order chi connectivity index (χ1) is 10.7. The average molecular weight is 380 g/mol. The number of hydrogen-bond donors (Lipinski definition) is 2. The van der Waals surface area contributed by atoms with Crippen molar-refractivity contribution in [2.45, 2.75) is 25.3 Å². The van der Waals surface area contributed by atoms with Crippen molar-refractivity contribution in [3.8, 4) is 16.9 Å². The fourth-order valence-electron chi connectivity index (χ4n) is 2.15. The van der Waals surface area contributed by atoms with Gasteiger partial charge in [-0.15, -0.1) is 17.0 Å². The Hall–Kier alpha value is -1.85. The van der Waals surface area contributed by atoms with Gasteiger partial charge in [-0.25, -0.2) is 0 Å². The van der Waals surface area contributed by atoms with Crippen molar-refractivity contribution in [1.82, 2.24) is 0 Å². The predicted molar refractivity (Wildman–Crippen MR) is 97.2 cm³/mol. The maximum Gasteiger partial charge on any atom is 0.320 e. The Kier molecular flexibility index (Phi) is 8.37. The number of hydrogen-bond acceptors (Lipinski definition) is 3. The molecule has 2 aromatic rings. The van der Waals surface area contributed by atoms with Crippen molar-refractivity contribution in [3.05, 3.63) is 54.6 Å². The lowest BCUT2D eigenvalue weighted by molar-refractivity contribution is -0.138. The molecule has 0 fully saturated rings. The van der Waals surface area contributed by atoms with Gasteiger partial charge in [-0.3, -0.25) is 4.79 Å². The van der Waals surface area contributed by atoms with Gasteiger partial charge in [-0.05, 0) is 42.5 Å². The van der Waals surface area contributed by atoms with Crippen LogP contribution >= 0.6 is 17.0 Å². The summed E-state index contributed by atoms with van der Waals surface area (Å²) in [5, 5.41) is 8.68. The number of benzene rings is 2. The summed E-state index contributed by atoms with van der Waals surface area (Å²) in [4.78, 5) is 10.6. The van der Waals surface area contributed by atoms with Crippen LogP contribution in [0.1, 0.15) is 19.3 Å². The monoisotopic (exact) mass is 379 g/mol. The third-order valence-electron chi connectivity index (χ3n) is 3.46. The zero-order valence-corrected chi connectivity index (χ0v) is 14.6. The molecule has 0 heterocycles. The summed E-state index contributed by atoms with van der Waals surface area (Å²) in [6, 6.07) is 17.4. The van der Waals surface area contributed by atoms with Gasteiger partial charge in [0.2, 0.25) is 0 Å². The first-order valence-corrected chi connectivity index (χ1v) is 7.43. The quantitative estimate of drug-likeness (QED) is 0.682. The minimum absolute atomic E-state index is 0. The maximum absolute atomic E-state index is 10.6. The summed E-state index contributed by atoms with van der Waals surface area (Å²) in [7, 11) is 0. The van der Waals surface area contributed by atoms with Gasteiger partial charge in [0.15, 0.2) is 0 Å². The molecule has 0 amide bonds. The fraction of sp³-hybridized carbons (Fsp3) is 0.278. The van der Waals surface area contributed by atoms with E-state index in [1.165, 1.54) is 5.56 Å². The van der Waals surface area contributed by atoms with Crippen LogP contribution in [0.25, 0.3) is 11.1 Å². The van der Waals surface area contributed by atoms with E-state index in [1.54, 1.807) is 0 Å². The molecule has 0 radical (unpaired) electrons. The second kappa shape index (κ2) is 10.0. The second-order valence-corrected chi connectivity index (χ2v) is 5.18. The van der Waals surface area contributed by atoms with Crippen LogP contribution < -0.4 is 10.5 Å². The highest BCUT2D eigenvalue weighted by Gasteiger charge is 2.09. The molecule has 0 saturated heterocycles. The highest BCUT2D eigenvalue weighted by atomic mass is 79.9. The first kappa shape index (κ1) is 19.2. The van der Waals surface area contributed by atoms with Crippen molar-refractivity contribution in [2.24, 2.45) is 5.73 Å². The number of rotatable bonds is 8. The minimum atomic E-state index is -0.947. The smallest absolute Gasteiger partial charge is 0.320 e. The van der Waals surface area contributed by atoms with E-state index in [0.717, 1.165) is 24.2 Å². The van der Waals surface area contributed by atoms with Gasteiger partial charge in [0.25, 0.3) is 0 Å². The van der Waals surface area contributed by atoms with E-state index in [4.69, 9.17) is 15.6 Å². The van der Waals surface area contributed by atoms with Gasteiger partial charge in [0.05, 0.1) is 6.61 Å². The summed E-state index contributed by atoms with van der Waals surface area (Å²) < 4.78 is 5.65. The number of ether oxygens (including phenoxy) is 1. The van der Waals surface area contributed by atoms with Crippen LogP contribution in [-0.4, -0.2) is 23.7 Å². The molecule has 23 heavy (non-hydrogen) atoms. The highest BCUT2D eigenvalue weighted by Crippen LogP contribution is 2.22. The van der Waals surface area contributed by atoms with Crippen LogP contribution in [0.15, 0.2) is 54.6 Å². The van der Waals surface area contributed by atoms with Crippen molar-refractivity contribution >= 4 is 23.0 Å². The van der Waals surface area contributed by atoms with Crippen LogP contribution in [0.2, 0.25) is 0 Å². The topological polar surface area (TPSA) is 72.5 Å². The third kappa shape index (κ3) is 6.42. The Morgan fingerprint density at radius 3 is 2.22 bits per heavy atom. The van der Waals surface area contributed by atoms with E-state index < -0.39 is 12.0 Å². The van der Waals surface area contributed by atoms with Gasteiger partial charge in [-0.1, -0.05) is 42.5 Å². The van der Waals surface area contributed by atoms with Gasteiger partial charge < -0.3 is 15.6 Å². The first-order valence-electron chi connectivity index (χ1n) is 7.43. The Bertz CT molecular complexity index is 587. The Morgan fingerprint density at radius 2 is 1.61 bits per heavy atom. The van der Waals surface area contributed by atoms with Crippen LogP contribution in [0.5, 0.6) is 5.75 Å². The fourth-order valence-corrected chi connectivity index (χ4v) is 2.15. The van der Waals surface area contributed by atoms with Crippen molar-refractivity contribution in [1.29, 1.82) is 0 Å². The predicted octanol–water partition coefficient (Wildman–Crippen LogP) is 3.89. The maximum atomic E-state index is 10.6. The summed E-state index contributed by atoms with van der Waals surface area (Å²) in [5.41, 5.74) is 7.77. The van der Waals surface area contributed by atoms with Crippen LogP contribution in [-0.2, 0) is 4.79 Å². The number of carboxylic acids is 1. The minimum Gasteiger partial charge on any atom is -0.494 e. The summed E-state index contributed by atoms with van der Waals surface area (Å²) in [6.07, 6.45) is 2.02. The van der Waals surface area contributed by atoms with E-state index in [2.05, 4.69) is 12.1 Å². The lowest BCUT2D eigenvalue weighted by Crippen LogP contribution is -2.29. The van der Waals surface area contributed by atoms with Crippen molar-refractivity contribution < 1.29 is 14.6 Å². The molecule has 1 atom stereocenters. The summed E-state index contributed by atoms with van der Waals surface area (Å²) in [6.45, 7) is 0.566. The molecule has 0 spiro atoms. The van der Waals surface area contributed by atoms with Gasteiger partial charge in [-0.2, -0.15) is 0 Å². The number of nitrogens with two attached hydrogens (primary N) is 1. The van der Waals surface area contributed by atoms with E-state index in [1.807, 2.05) is 42.5 Å². The Labute approximate surface area is 147 Å². The number of halogens is 1.